The van der Waals surface area contributed by atoms with Gasteiger partial charge in [-0.2, -0.15) is 0 Å². The van der Waals surface area contributed by atoms with E-state index < -0.39 is 0 Å². The van der Waals surface area contributed by atoms with Gasteiger partial charge in [-0.3, -0.25) is 0 Å². The summed E-state index contributed by atoms with van der Waals surface area (Å²) in [6, 6.07) is 13.6. The van der Waals surface area contributed by atoms with Crippen LogP contribution in [0.1, 0.15) is 31.7 Å². The predicted octanol–water partition coefficient (Wildman–Crippen LogP) is 6.17. The van der Waals surface area contributed by atoms with Crippen LogP contribution in [0.5, 0.6) is 5.75 Å². The standard InChI is InChI=1S/C18H21Cl2NO/c1-2-3-6-11-22-18-8-5-4-7-14(18)13-21-15-9-10-16(19)17(20)12-15/h4-5,7-10,12,21H,2-3,6,11,13H2,1H3. The third-order valence-corrected chi connectivity index (χ3v) is 4.12. The highest BCUT2D eigenvalue weighted by Crippen LogP contribution is 2.26. The maximum Gasteiger partial charge on any atom is 0.124 e. The van der Waals surface area contributed by atoms with Crippen LogP contribution in [0.2, 0.25) is 10.0 Å². The van der Waals surface area contributed by atoms with Gasteiger partial charge in [0, 0.05) is 17.8 Å². The molecule has 0 fully saturated rings. The monoisotopic (exact) mass is 337 g/mol. The maximum atomic E-state index is 6.03. The first-order chi connectivity index (χ1) is 10.7. The summed E-state index contributed by atoms with van der Waals surface area (Å²) in [6.07, 6.45) is 3.48. The van der Waals surface area contributed by atoms with E-state index in [4.69, 9.17) is 27.9 Å². The van der Waals surface area contributed by atoms with E-state index in [1.807, 2.05) is 30.3 Å². The minimum absolute atomic E-state index is 0.552. The Hall–Kier alpha value is -1.38. The second-order valence-electron chi connectivity index (χ2n) is 5.15. The number of para-hydroxylation sites is 1. The zero-order valence-electron chi connectivity index (χ0n) is 12.7. The summed E-state index contributed by atoms with van der Waals surface area (Å²) in [5.74, 6) is 0.936. The smallest absolute Gasteiger partial charge is 0.124 e. The molecule has 0 aliphatic rings. The fourth-order valence-corrected chi connectivity index (χ4v) is 2.43. The molecule has 2 aromatic carbocycles. The van der Waals surface area contributed by atoms with E-state index in [2.05, 4.69) is 18.3 Å². The Morgan fingerprint density at radius 1 is 1.00 bits per heavy atom. The van der Waals surface area contributed by atoms with Crippen LogP contribution in [0.25, 0.3) is 0 Å². The lowest BCUT2D eigenvalue weighted by Gasteiger charge is -2.13. The second kappa shape index (κ2) is 8.92. The van der Waals surface area contributed by atoms with Crippen molar-refractivity contribution in [3.05, 3.63) is 58.1 Å². The van der Waals surface area contributed by atoms with Gasteiger partial charge in [-0.1, -0.05) is 61.2 Å². The van der Waals surface area contributed by atoms with Crippen molar-refractivity contribution in [1.29, 1.82) is 0 Å². The summed E-state index contributed by atoms with van der Waals surface area (Å²) in [7, 11) is 0. The van der Waals surface area contributed by atoms with Gasteiger partial charge >= 0.3 is 0 Å². The Bertz CT molecular complexity index is 601. The molecule has 0 saturated heterocycles. The largest absolute Gasteiger partial charge is 0.493 e. The maximum absolute atomic E-state index is 6.03. The summed E-state index contributed by atoms with van der Waals surface area (Å²) in [5, 5.41) is 4.46. The summed E-state index contributed by atoms with van der Waals surface area (Å²) >= 11 is 12.0. The van der Waals surface area contributed by atoms with Crippen LogP contribution >= 0.6 is 23.2 Å². The molecule has 0 unspecified atom stereocenters. The van der Waals surface area contributed by atoms with E-state index in [0.717, 1.165) is 30.0 Å². The van der Waals surface area contributed by atoms with Crippen LogP contribution in [0.3, 0.4) is 0 Å². The highest BCUT2D eigenvalue weighted by molar-refractivity contribution is 6.42. The molecule has 2 nitrogen and oxygen atoms in total. The van der Waals surface area contributed by atoms with Crippen molar-refractivity contribution in [2.75, 3.05) is 11.9 Å². The summed E-state index contributed by atoms with van der Waals surface area (Å²) in [6.45, 7) is 3.63. The molecule has 0 bridgehead atoms. The van der Waals surface area contributed by atoms with Crippen LogP contribution in [0.4, 0.5) is 5.69 Å². The molecule has 0 aromatic heterocycles. The Morgan fingerprint density at radius 2 is 1.82 bits per heavy atom. The molecule has 2 aromatic rings. The molecule has 0 saturated carbocycles. The average molecular weight is 338 g/mol. The normalized spacial score (nSPS) is 10.5. The lowest BCUT2D eigenvalue weighted by Crippen LogP contribution is -2.04. The number of halogens is 2. The minimum Gasteiger partial charge on any atom is -0.493 e. The lowest BCUT2D eigenvalue weighted by molar-refractivity contribution is 0.303. The SMILES string of the molecule is CCCCCOc1ccccc1CNc1ccc(Cl)c(Cl)c1. The number of rotatable bonds is 8. The molecule has 118 valence electrons. The van der Waals surface area contributed by atoms with E-state index in [9.17, 15) is 0 Å². The lowest BCUT2D eigenvalue weighted by atomic mass is 10.2. The minimum atomic E-state index is 0.552. The van der Waals surface area contributed by atoms with E-state index in [1.165, 1.54) is 12.8 Å². The van der Waals surface area contributed by atoms with Crippen LogP contribution in [0, 0.1) is 0 Å². The number of anilines is 1. The molecule has 0 radical (unpaired) electrons. The quantitative estimate of drug-likeness (QED) is 0.581. The number of hydrogen-bond donors (Lipinski definition) is 1. The topological polar surface area (TPSA) is 21.3 Å². The predicted molar refractivity (Wildman–Crippen MR) is 95.3 cm³/mol. The van der Waals surface area contributed by atoms with Crippen LogP contribution < -0.4 is 10.1 Å². The van der Waals surface area contributed by atoms with Gasteiger partial charge in [-0.25, -0.2) is 0 Å². The molecule has 2 rings (SSSR count). The van der Waals surface area contributed by atoms with Gasteiger partial charge in [-0.05, 0) is 30.7 Å². The van der Waals surface area contributed by atoms with Crippen molar-refractivity contribution in [3.63, 3.8) is 0 Å². The van der Waals surface area contributed by atoms with Gasteiger partial charge in [0.1, 0.15) is 5.75 Å². The molecular formula is C18H21Cl2NO. The van der Waals surface area contributed by atoms with Crippen molar-refractivity contribution >= 4 is 28.9 Å². The third kappa shape index (κ3) is 5.11. The fourth-order valence-electron chi connectivity index (χ4n) is 2.13. The van der Waals surface area contributed by atoms with Gasteiger partial charge in [0.05, 0.1) is 16.7 Å². The molecule has 0 heterocycles. The first-order valence-electron chi connectivity index (χ1n) is 7.60. The molecule has 0 atom stereocenters. The second-order valence-corrected chi connectivity index (χ2v) is 5.96. The van der Waals surface area contributed by atoms with E-state index in [-0.39, 0.29) is 0 Å². The zero-order valence-corrected chi connectivity index (χ0v) is 14.3. The van der Waals surface area contributed by atoms with E-state index >= 15 is 0 Å². The highest BCUT2D eigenvalue weighted by Gasteiger charge is 2.04. The van der Waals surface area contributed by atoms with Gasteiger partial charge in [0.2, 0.25) is 0 Å². The van der Waals surface area contributed by atoms with E-state index in [0.29, 0.717) is 16.6 Å². The van der Waals surface area contributed by atoms with E-state index in [1.54, 1.807) is 6.07 Å². The molecular weight excluding hydrogens is 317 g/mol. The Labute approximate surface area is 142 Å². The van der Waals surface area contributed by atoms with Gasteiger partial charge in [-0.15, -0.1) is 0 Å². The molecule has 0 aliphatic heterocycles. The summed E-state index contributed by atoms with van der Waals surface area (Å²) in [4.78, 5) is 0. The van der Waals surface area contributed by atoms with Crippen molar-refractivity contribution in [2.24, 2.45) is 0 Å². The Balaban J connectivity index is 1.95. The number of unbranched alkanes of at least 4 members (excludes halogenated alkanes) is 2. The molecule has 4 heteroatoms. The molecule has 1 N–H and O–H groups in total. The Kier molecular flexibility index (Phi) is 6.88. The fraction of sp³-hybridized carbons (Fsp3) is 0.333. The third-order valence-electron chi connectivity index (χ3n) is 3.38. The van der Waals surface area contributed by atoms with Gasteiger partial charge in [0.25, 0.3) is 0 Å². The van der Waals surface area contributed by atoms with Crippen LogP contribution in [-0.4, -0.2) is 6.61 Å². The van der Waals surface area contributed by atoms with Crippen molar-refractivity contribution in [1.82, 2.24) is 0 Å². The zero-order chi connectivity index (χ0) is 15.8. The molecule has 0 spiro atoms. The number of nitrogens with one attached hydrogen (secondary N) is 1. The molecule has 22 heavy (non-hydrogen) atoms. The number of benzene rings is 2. The van der Waals surface area contributed by atoms with Crippen LogP contribution in [0.15, 0.2) is 42.5 Å². The summed E-state index contributed by atoms with van der Waals surface area (Å²) < 4.78 is 5.88. The van der Waals surface area contributed by atoms with Gasteiger partial charge < -0.3 is 10.1 Å². The van der Waals surface area contributed by atoms with Gasteiger partial charge in [0.15, 0.2) is 0 Å². The van der Waals surface area contributed by atoms with Crippen molar-refractivity contribution in [3.8, 4) is 5.75 Å². The van der Waals surface area contributed by atoms with Crippen LogP contribution in [-0.2, 0) is 6.54 Å². The number of ether oxygens (including phenoxy) is 1. The van der Waals surface area contributed by atoms with Crippen molar-refractivity contribution < 1.29 is 4.74 Å². The number of hydrogen-bond acceptors (Lipinski definition) is 2. The molecule has 0 amide bonds. The Morgan fingerprint density at radius 3 is 2.59 bits per heavy atom. The van der Waals surface area contributed by atoms with Crippen molar-refractivity contribution in [2.45, 2.75) is 32.7 Å². The highest BCUT2D eigenvalue weighted by atomic mass is 35.5. The molecule has 0 aliphatic carbocycles. The first-order valence-corrected chi connectivity index (χ1v) is 8.36. The first kappa shape index (κ1) is 17.0. The average Bonchev–Trinajstić information content (AvgIpc) is 2.53. The summed E-state index contributed by atoms with van der Waals surface area (Å²) in [5.41, 5.74) is 2.07.